The Morgan fingerprint density at radius 3 is 2.16 bits per heavy atom. The molecule has 1 saturated heterocycles. The molecule has 0 radical (unpaired) electrons. The molecule has 2 aliphatic heterocycles. The van der Waals surface area contributed by atoms with Gasteiger partial charge in [-0.3, -0.25) is 14.6 Å². The summed E-state index contributed by atoms with van der Waals surface area (Å²) in [6.45, 7) is 7.40. The van der Waals surface area contributed by atoms with Gasteiger partial charge in [0, 0.05) is 64.4 Å². The summed E-state index contributed by atoms with van der Waals surface area (Å²) in [5.41, 5.74) is 1.49. The van der Waals surface area contributed by atoms with Gasteiger partial charge in [-0.15, -0.1) is 0 Å². The fourth-order valence-electron chi connectivity index (χ4n) is 6.56. The fourth-order valence-corrected chi connectivity index (χ4v) is 8.42. The highest BCUT2D eigenvalue weighted by Crippen LogP contribution is 2.33. The van der Waals surface area contributed by atoms with Crippen LogP contribution in [0.1, 0.15) is 49.7 Å². The summed E-state index contributed by atoms with van der Waals surface area (Å²) in [5, 5.41) is 0. The van der Waals surface area contributed by atoms with Gasteiger partial charge in [0.25, 0.3) is 0 Å². The average Bonchev–Trinajstić information content (AvgIpc) is 3.77. The van der Waals surface area contributed by atoms with Gasteiger partial charge >= 0.3 is 0 Å². The number of methoxy groups -OCH3 is 1. The van der Waals surface area contributed by atoms with E-state index < -0.39 is 10.0 Å². The summed E-state index contributed by atoms with van der Waals surface area (Å²) in [4.78, 5) is 20.4. The molecule has 5 rings (SSSR count). The van der Waals surface area contributed by atoms with Crippen molar-refractivity contribution in [2.24, 2.45) is 0 Å². The maximum absolute atomic E-state index is 13.2. The Morgan fingerprint density at radius 1 is 0.974 bits per heavy atom. The highest BCUT2D eigenvalue weighted by atomic mass is 32.2. The summed E-state index contributed by atoms with van der Waals surface area (Å²) in [6, 6.07) is 5.34. The molecule has 10 heteroatoms. The molecule has 0 atom stereocenters. The van der Waals surface area contributed by atoms with Crippen LogP contribution in [0.3, 0.4) is 0 Å². The highest BCUT2D eigenvalue weighted by molar-refractivity contribution is 7.89. The zero-order valence-electron chi connectivity index (χ0n) is 23.2. The number of hydrogen-bond donors (Lipinski definition) is 0. The minimum atomic E-state index is -3.60. The third kappa shape index (κ3) is 6.04. The quantitative estimate of drug-likeness (QED) is 0.437. The number of benzene rings is 1. The van der Waals surface area contributed by atoms with Crippen LogP contribution in [0.5, 0.6) is 5.75 Å². The van der Waals surface area contributed by atoms with Gasteiger partial charge in [-0.1, -0.05) is 0 Å². The summed E-state index contributed by atoms with van der Waals surface area (Å²) < 4.78 is 38.9. The Morgan fingerprint density at radius 2 is 1.58 bits per heavy atom. The zero-order chi connectivity index (χ0) is 26.9. The monoisotopic (exact) mass is 548 g/mol. The molecule has 0 aromatic heterocycles. The lowest BCUT2D eigenvalue weighted by Crippen LogP contribution is -2.52. The van der Waals surface area contributed by atoms with E-state index in [1.165, 1.54) is 43.3 Å². The molecule has 1 aromatic carbocycles. The van der Waals surface area contributed by atoms with Crippen LogP contribution in [-0.4, -0.2) is 118 Å². The van der Waals surface area contributed by atoms with E-state index >= 15 is 0 Å². The molecule has 0 N–H and O–H groups in total. The van der Waals surface area contributed by atoms with Crippen LogP contribution in [0.15, 0.2) is 17.0 Å². The molecule has 2 heterocycles. The van der Waals surface area contributed by atoms with E-state index in [9.17, 15) is 13.2 Å². The maximum Gasteiger partial charge on any atom is 0.248 e. The Bertz CT molecular complexity index is 1090. The first-order valence-corrected chi connectivity index (χ1v) is 15.7. The number of nitrogens with zero attached hydrogens (tertiary/aromatic N) is 4. The lowest BCUT2D eigenvalue weighted by molar-refractivity contribution is -0.137. The van der Waals surface area contributed by atoms with Crippen molar-refractivity contribution in [2.75, 3.05) is 66.6 Å². The maximum atomic E-state index is 13.2. The van der Waals surface area contributed by atoms with Crippen LogP contribution >= 0.6 is 0 Å². The molecule has 212 valence electrons. The average molecular weight is 549 g/mol. The smallest absolute Gasteiger partial charge is 0.248 e. The van der Waals surface area contributed by atoms with Crippen molar-refractivity contribution in [2.45, 2.75) is 74.9 Å². The first-order valence-electron chi connectivity index (χ1n) is 14.3. The van der Waals surface area contributed by atoms with Gasteiger partial charge in [-0.05, 0) is 75.1 Å². The number of hydrogen-bond acceptors (Lipinski definition) is 7. The van der Waals surface area contributed by atoms with Gasteiger partial charge < -0.3 is 14.4 Å². The molecule has 0 unspecified atom stereocenters. The van der Waals surface area contributed by atoms with Crippen molar-refractivity contribution in [1.29, 1.82) is 0 Å². The lowest BCUT2D eigenvalue weighted by Gasteiger charge is -2.43. The van der Waals surface area contributed by atoms with Crippen LogP contribution in [0.25, 0.3) is 0 Å². The number of ether oxygens (including phenoxy) is 2. The number of fused-ring (bicyclic) bond motifs is 1. The van der Waals surface area contributed by atoms with Gasteiger partial charge in [-0.2, -0.15) is 4.31 Å². The Kier molecular flexibility index (Phi) is 8.64. The number of piperazine rings is 1. The standard InChI is InChI=1S/C28H44N4O5S/c1-21-18-26(36-3)19-22-10-11-32(38(34,35)28(21)22)16-17-37-20-27(33)29(2)23-4-6-24(7-5-23)30-12-14-31(15-13-30)25-8-9-25/h18-19,23-25H,4-17,20H2,1-3H3. The van der Waals surface area contributed by atoms with Crippen LogP contribution < -0.4 is 4.74 Å². The number of rotatable bonds is 9. The molecule has 1 amide bonds. The SMILES string of the molecule is COc1cc(C)c2c(c1)CCN(CCOCC(=O)N(C)C1CCC(N3CCN(C4CC4)CC3)CC1)S2(=O)=O. The number of carbonyl (C=O) groups excluding carboxylic acids is 1. The third-order valence-electron chi connectivity index (χ3n) is 9.04. The van der Waals surface area contributed by atoms with Crippen molar-refractivity contribution in [1.82, 2.24) is 19.0 Å². The Labute approximate surface area is 228 Å². The first-order chi connectivity index (χ1) is 18.3. The third-order valence-corrected chi connectivity index (χ3v) is 11.2. The minimum absolute atomic E-state index is 0.0136. The van der Waals surface area contributed by atoms with E-state index in [1.54, 1.807) is 20.1 Å². The second-order valence-corrected chi connectivity index (χ2v) is 13.3. The zero-order valence-corrected chi connectivity index (χ0v) is 24.0. The van der Waals surface area contributed by atoms with Crippen molar-refractivity contribution in [3.63, 3.8) is 0 Å². The van der Waals surface area contributed by atoms with Crippen molar-refractivity contribution >= 4 is 15.9 Å². The molecule has 2 saturated carbocycles. The Hall–Kier alpha value is -1.72. The molecule has 38 heavy (non-hydrogen) atoms. The second-order valence-electron chi connectivity index (χ2n) is 11.4. The van der Waals surface area contributed by atoms with Gasteiger partial charge in [0.2, 0.25) is 15.9 Å². The number of likely N-dealkylation sites (N-methyl/N-ethyl adjacent to an activating group) is 1. The first kappa shape index (κ1) is 27.8. The van der Waals surface area contributed by atoms with Gasteiger partial charge in [0.15, 0.2) is 0 Å². The topological polar surface area (TPSA) is 82.6 Å². The normalized spacial score (nSPS) is 26.6. The predicted molar refractivity (Wildman–Crippen MR) is 146 cm³/mol. The molecular weight excluding hydrogens is 504 g/mol. The largest absolute Gasteiger partial charge is 0.497 e. The molecule has 4 aliphatic rings. The summed E-state index contributed by atoms with van der Waals surface area (Å²) in [5.74, 6) is 0.650. The molecule has 3 fully saturated rings. The van der Waals surface area contributed by atoms with Crippen LogP contribution in [0.4, 0.5) is 0 Å². The van der Waals surface area contributed by atoms with E-state index in [1.807, 2.05) is 18.0 Å². The molecule has 0 spiro atoms. The van der Waals surface area contributed by atoms with E-state index in [-0.39, 0.29) is 31.7 Å². The van der Waals surface area contributed by atoms with Gasteiger partial charge in [0.1, 0.15) is 12.4 Å². The fraction of sp³-hybridized carbons (Fsp3) is 0.750. The van der Waals surface area contributed by atoms with Crippen molar-refractivity contribution in [3.8, 4) is 5.75 Å². The molecular formula is C28H44N4O5S. The van der Waals surface area contributed by atoms with E-state index in [2.05, 4.69) is 9.80 Å². The van der Waals surface area contributed by atoms with Gasteiger partial charge in [0.05, 0.1) is 18.6 Å². The number of carbonyl (C=O) groups is 1. The van der Waals surface area contributed by atoms with Crippen LogP contribution in [0.2, 0.25) is 0 Å². The summed E-state index contributed by atoms with van der Waals surface area (Å²) in [7, 11) is -0.126. The number of amides is 1. The van der Waals surface area contributed by atoms with Crippen molar-refractivity contribution in [3.05, 3.63) is 23.3 Å². The summed E-state index contributed by atoms with van der Waals surface area (Å²) in [6.07, 6.45) is 7.76. The number of aryl methyl sites for hydroxylation is 1. The minimum Gasteiger partial charge on any atom is -0.497 e. The highest BCUT2D eigenvalue weighted by Gasteiger charge is 2.35. The van der Waals surface area contributed by atoms with E-state index in [0.29, 0.717) is 35.2 Å². The lowest BCUT2D eigenvalue weighted by atomic mass is 9.89. The van der Waals surface area contributed by atoms with Crippen LogP contribution in [0, 0.1) is 6.92 Å². The Balaban J connectivity index is 1.03. The molecule has 9 nitrogen and oxygen atoms in total. The molecule has 2 aliphatic carbocycles. The van der Waals surface area contributed by atoms with Crippen LogP contribution in [-0.2, 0) is 26.0 Å². The molecule has 0 bridgehead atoms. The molecule has 1 aromatic rings. The van der Waals surface area contributed by atoms with Gasteiger partial charge in [-0.25, -0.2) is 8.42 Å². The predicted octanol–water partition coefficient (Wildman–Crippen LogP) is 2.12. The second kappa shape index (κ2) is 11.8. The van der Waals surface area contributed by atoms with E-state index in [0.717, 1.165) is 37.3 Å². The van der Waals surface area contributed by atoms with E-state index in [4.69, 9.17) is 9.47 Å². The van der Waals surface area contributed by atoms with Crippen molar-refractivity contribution < 1.29 is 22.7 Å². The summed E-state index contributed by atoms with van der Waals surface area (Å²) >= 11 is 0. The number of sulfonamides is 1.